The first kappa shape index (κ1) is 13.1. The number of nitriles is 1. The molecule has 0 spiro atoms. The van der Waals surface area contributed by atoms with Crippen LogP contribution in [0.2, 0.25) is 0 Å². The fraction of sp³-hybridized carbons (Fsp3) is 0.188. The molecule has 0 aromatic heterocycles. The standard InChI is InChI=1S/C16H15FN2/c1-3-19(15-7-5-4-6-14(15)17)16-10-12(2)8-9-13(16)11-18/h4-10H,3H2,1-2H3. The molecule has 0 saturated carbocycles. The van der Waals surface area contributed by atoms with E-state index in [1.54, 1.807) is 24.3 Å². The fourth-order valence-electron chi connectivity index (χ4n) is 2.10. The van der Waals surface area contributed by atoms with Gasteiger partial charge in [-0.05, 0) is 43.7 Å². The van der Waals surface area contributed by atoms with Gasteiger partial charge in [0.1, 0.15) is 11.9 Å². The van der Waals surface area contributed by atoms with Crippen molar-refractivity contribution in [3.63, 3.8) is 0 Å². The van der Waals surface area contributed by atoms with E-state index in [4.69, 9.17) is 0 Å². The van der Waals surface area contributed by atoms with Crippen molar-refractivity contribution in [2.75, 3.05) is 11.4 Å². The lowest BCUT2D eigenvalue weighted by molar-refractivity contribution is 0.625. The Balaban J connectivity index is 2.58. The Morgan fingerprint density at radius 3 is 2.53 bits per heavy atom. The summed E-state index contributed by atoms with van der Waals surface area (Å²) in [5.74, 6) is -0.283. The van der Waals surface area contributed by atoms with Crippen molar-refractivity contribution < 1.29 is 4.39 Å². The zero-order chi connectivity index (χ0) is 13.8. The van der Waals surface area contributed by atoms with Crippen LogP contribution in [0.15, 0.2) is 42.5 Å². The number of anilines is 2. The number of aryl methyl sites for hydroxylation is 1. The molecule has 0 unspecified atom stereocenters. The van der Waals surface area contributed by atoms with Gasteiger partial charge in [-0.2, -0.15) is 5.26 Å². The molecule has 2 nitrogen and oxygen atoms in total. The van der Waals surface area contributed by atoms with Crippen LogP contribution in [-0.4, -0.2) is 6.54 Å². The van der Waals surface area contributed by atoms with Gasteiger partial charge in [-0.3, -0.25) is 0 Å². The smallest absolute Gasteiger partial charge is 0.146 e. The molecule has 0 bridgehead atoms. The molecular formula is C16H15FN2. The average molecular weight is 254 g/mol. The van der Waals surface area contributed by atoms with E-state index in [2.05, 4.69) is 6.07 Å². The lowest BCUT2D eigenvalue weighted by Gasteiger charge is -2.25. The quantitative estimate of drug-likeness (QED) is 0.822. The number of para-hydroxylation sites is 1. The first-order valence-corrected chi connectivity index (χ1v) is 6.20. The Bertz CT molecular complexity index is 629. The molecular weight excluding hydrogens is 239 g/mol. The van der Waals surface area contributed by atoms with E-state index in [0.29, 0.717) is 17.8 Å². The Morgan fingerprint density at radius 2 is 1.89 bits per heavy atom. The van der Waals surface area contributed by atoms with Gasteiger partial charge < -0.3 is 4.90 Å². The summed E-state index contributed by atoms with van der Waals surface area (Å²) in [7, 11) is 0. The second-order valence-electron chi connectivity index (χ2n) is 4.33. The molecule has 0 atom stereocenters. The zero-order valence-electron chi connectivity index (χ0n) is 11.0. The molecule has 2 aromatic carbocycles. The van der Waals surface area contributed by atoms with Crippen LogP contribution >= 0.6 is 0 Å². The molecule has 3 heteroatoms. The maximum Gasteiger partial charge on any atom is 0.146 e. The number of halogens is 1. The van der Waals surface area contributed by atoms with Gasteiger partial charge in [-0.15, -0.1) is 0 Å². The molecule has 19 heavy (non-hydrogen) atoms. The minimum absolute atomic E-state index is 0.283. The summed E-state index contributed by atoms with van der Waals surface area (Å²) in [6, 6.07) is 14.3. The monoisotopic (exact) mass is 254 g/mol. The first-order valence-electron chi connectivity index (χ1n) is 6.20. The second-order valence-corrected chi connectivity index (χ2v) is 4.33. The highest BCUT2D eigenvalue weighted by atomic mass is 19.1. The van der Waals surface area contributed by atoms with Gasteiger partial charge in [-0.25, -0.2) is 4.39 Å². The van der Waals surface area contributed by atoms with Gasteiger partial charge >= 0.3 is 0 Å². The van der Waals surface area contributed by atoms with Gasteiger partial charge in [-0.1, -0.05) is 18.2 Å². The Labute approximate surface area is 112 Å². The first-order chi connectivity index (χ1) is 9.17. The predicted molar refractivity (Wildman–Crippen MR) is 75.0 cm³/mol. The van der Waals surface area contributed by atoms with Crippen LogP contribution in [0.3, 0.4) is 0 Å². The van der Waals surface area contributed by atoms with Crippen molar-refractivity contribution in [1.82, 2.24) is 0 Å². The number of hydrogen-bond acceptors (Lipinski definition) is 2. The SMILES string of the molecule is CCN(c1ccccc1F)c1cc(C)ccc1C#N. The Hall–Kier alpha value is -2.34. The molecule has 2 rings (SSSR count). The summed E-state index contributed by atoms with van der Waals surface area (Å²) in [5.41, 5.74) is 2.83. The maximum absolute atomic E-state index is 13.9. The molecule has 0 heterocycles. The summed E-state index contributed by atoms with van der Waals surface area (Å²) >= 11 is 0. The summed E-state index contributed by atoms with van der Waals surface area (Å²) in [6.07, 6.45) is 0. The van der Waals surface area contributed by atoms with E-state index in [9.17, 15) is 9.65 Å². The number of rotatable bonds is 3. The van der Waals surface area contributed by atoms with Crippen molar-refractivity contribution in [3.05, 3.63) is 59.4 Å². The van der Waals surface area contributed by atoms with E-state index in [1.165, 1.54) is 6.07 Å². The summed E-state index contributed by atoms with van der Waals surface area (Å²) in [6.45, 7) is 4.49. The lowest BCUT2D eigenvalue weighted by atomic mass is 10.1. The van der Waals surface area contributed by atoms with Crippen molar-refractivity contribution in [1.29, 1.82) is 5.26 Å². The largest absolute Gasteiger partial charge is 0.338 e. The minimum atomic E-state index is -0.283. The van der Waals surface area contributed by atoms with E-state index in [0.717, 1.165) is 11.3 Å². The van der Waals surface area contributed by atoms with Gasteiger partial charge in [0, 0.05) is 6.54 Å². The molecule has 0 aliphatic carbocycles. The Morgan fingerprint density at radius 1 is 1.16 bits per heavy atom. The molecule has 0 radical (unpaired) electrons. The zero-order valence-corrected chi connectivity index (χ0v) is 11.0. The van der Waals surface area contributed by atoms with E-state index >= 15 is 0 Å². The van der Waals surface area contributed by atoms with Crippen molar-refractivity contribution in [3.8, 4) is 6.07 Å². The van der Waals surface area contributed by atoms with Gasteiger partial charge in [0.2, 0.25) is 0 Å². The van der Waals surface area contributed by atoms with Crippen LogP contribution in [0, 0.1) is 24.1 Å². The van der Waals surface area contributed by atoms with Crippen LogP contribution < -0.4 is 4.90 Å². The molecule has 0 aliphatic heterocycles. The molecule has 0 amide bonds. The van der Waals surface area contributed by atoms with Crippen LogP contribution in [0.25, 0.3) is 0 Å². The average Bonchev–Trinajstić information content (AvgIpc) is 2.42. The minimum Gasteiger partial charge on any atom is -0.338 e. The van der Waals surface area contributed by atoms with Crippen LogP contribution in [0.4, 0.5) is 15.8 Å². The Kier molecular flexibility index (Phi) is 3.82. The summed E-state index contributed by atoms with van der Waals surface area (Å²) < 4.78 is 13.9. The topological polar surface area (TPSA) is 27.0 Å². The van der Waals surface area contributed by atoms with Crippen molar-refractivity contribution in [2.24, 2.45) is 0 Å². The fourth-order valence-corrected chi connectivity index (χ4v) is 2.10. The highest BCUT2D eigenvalue weighted by molar-refractivity contribution is 5.70. The molecule has 0 N–H and O–H groups in total. The normalized spacial score (nSPS) is 10.0. The lowest BCUT2D eigenvalue weighted by Crippen LogP contribution is -2.18. The highest BCUT2D eigenvalue weighted by Crippen LogP contribution is 2.30. The van der Waals surface area contributed by atoms with Crippen molar-refractivity contribution in [2.45, 2.75) is 13.8 Å². The maximum atomic E-state index is 13.9. The third-order valence-electron chi connectivity index (χ3n) is 3.02. The number of benzene rings is 2. The molecule has 2 aromatic rings. The van der Waals surface area contributed by atoms with Crippen LogP contribution in [0.1, 0.15) is 18.1 Å². The van der Waals surface area contributed by atoms with Gasteiger partial charge in [0.15, 0.2) is 0 Å². The summed E-state index contributed by atoms with van der Waals surface area (Å²) in [5, 5.41) is 9.20. The second kappa shape index (κ2) is 5.53. The van der Waals surface area contributed by atoms with E-state index in [-0.39, 0.29) is 5.82 Å². The third kappa shape index (κ3) is 2.58. The van der Waals surface area contributed by atoms with Gasteiger partial charge in [0.05, 0.1) is 16.9 Å². The predicted octanol–water partition coefficient (Wildman–Crippen LogP) is 4.16. The van der Waals surface area contributed by atoms with Crippen LogP contribution in [-0.2, 0) is 0 Å². The molecule has 0 saturated heterocycles. The highest BCUT2D eigenvalue weighted by Gasteiger charge is 2.15. The van der Waals surface area contributed by atoms with Crippen LogP contribution in [0.5, 0.6) is 0 Å². The van der Waals surface area contributed by atoms with E-state index in [1.807, 2.05) is 30.9 Å². The molecule has 0 aliphatic rings. The van der Waals surface area contributed by atoms with Gasteiger partial charge in [0.25, 0.3) is 0 Å². The third-order valence-corrected chi connectivity index (χ3v) is 3.02. The molecule has 0 fully saturated rings. The molecule has 96 valence electrons. The van der Waals surface area contributed by atoms with E-state index < -0.39 is 0 Å². The summed E-state index contributed by atoms with van der Waals surface area (Å²) in [4.78, 5) is 1.82. The van der Waals surface area contributed by atoms with Crippen molar-refractivity contribution >= 4 is 11.4 Å². The number of hydrogen-bond donors (Lipinski definition) is 0. The number of nitrogens with zero attached hydrogens (tertiary/aromatic N) is 2.